The number of rotatable bonds is 8. The van der Waals surface area contributed by atoms with Gasteiger partial charge in [-0.3, -0.25) is 4.79 Å². The molecule has 0 radical (unpaired) electrons. The van der Waals surface area contributed by atoms with Crippen molar-refractivity contribution in [3.63, 3.8) is 0 Å². The minimum Gasteiger partial charge on any atom is -0.460 e. The molecule has 1 aliphatic carbocycles. The fourth-order valence-corrected chi connectivity index (χ4v) is 3.94. The van der Waals surface area contributed by atoms with Crippen LogP contribution in [-0.4, -0.2) is 41.0 Å². The van der Waals surface area contributed by atoms with Crippen molar-refractivity contribution in [3.05, 3.63) is 54.1 Å². The molecule has 168 valence electrons. The highest BCUT2D eigenvalue weighted by molar-refractivity contribution is 5.92. The molecule has 0 bridgehead atoms. The second-order valence-corrected chi connectivity index (χ2v) is 8.21. The maximum Gasteiger partial charge on any atom is 0.336 e. The fourth-order valence-electron chi connectivity index (χ4n) is 3.94. The third-order valence-corrected chi connectivity index (χ3v) is 5.77. The number of benzene rings is 2. The zero-order valence-corrected chi connectivity index (χ0v) is 18.7. The highest BCUT2D eigenvalue weighted by Crippen LogP contribution is 2.27. The van der Waals surface area contributed by atoms with Gasteiger partial charge < -0.3 is 14.8 Å². The normalized spacial score (nSPS) is 14.3. The summed E-state index contributed by atoms with van der Waals surface area (Å²) in [4.78, 5) is 17.1. The first-order chi connectivity index (χ1) is 15.6. The Morgan fingerprint density at radius 2 is 1.75 bits per heavy atom. The monoisotopic (exact) mass is 434 g/mol. The molecule has 1 saturated carbocycles. The molecule has 7 heteroatoms. The van der Waals surface area contributed by atoms with E-state index in [2.05, 4.69) is 15.4 Å². The zero-order chi connectivity index (χ0) is 22.3. The number of nitrogens with zero attached hydrogens (tertiary/aromatic N) is 3. The van der Waals surface area contributed by atoms with Crippen molar-refractivity contribution in [1.82, 2.24) is 14.8 Å². The average molecular weight is 435 g/mol. The number of carbonyl (C=O) groups is 1. The minimum atomic E-state index is 0.118. The molecular weight excluding hydrogens is 404 g/mol. The Kier molecular flexibility index (Phi) is 7.17. The Labute approximate surface area is 188 Å². The summed E-state index contributed by atoms with van der Waals surface area (Å²) >= 11 is 0. The van der Waals surface area contributed by atoms with Crippen molar-refractivity contribution in [2.45, 2.75) is 39.0 Å². The summed E-state index contributed by atoms with van der Waals surface area (Å²) in [6.45, 7) is 2.89. The number of aromatic nitrogens is 3. The highest BCUT2D eigenvalue weighted by atomic mass is 16.5. The molecule has 1 amide bonds. The molecule has 0 spiro atoms. The van der Waals surface area contributed by atoms with Gasteiger partial charge in [-0.25, -0.2) is 4.68 Å². The van der Waals surface area contributed by atoms with Crippen molar-refractivity contribution in [1.29, 1.82) is 0 Å². The standard InChI is InChI=1S/C25H30N4O3/c1-18-8-10-19(11-9-18)23-27-25(32-17-16-31-2)28-29(23)22-14-12-21(13-15-22)26-24(30)20-6-4-3-5-7-20/h8-15,20H,3-7,16-17H2,1-2H3,(H,26,30). The van der Waals surface area contributed by atoms with Crippen LogP contribution in [0.3, 0.4) is 0 Å². The molecule has 3 aromatic rings. The lowest BCUT2D eigenvalue weighted by atomic mass is 9.88. The largest absolute Gasteiger partial charge is 0.460 e. The summed E-state index contributed by atoms with van der Waals surface area (Å²) in [6, 6.07) is 16.1. The second-order valence-electron chi connectivity index (χ2n) is 8.21. The van der Waals surface area contributed by atoms with Gasteiger partial charge in [0.05, 0.1) is 12.3 Å². The highest BCUT2D eigenvalue weighted by Gasteiger charge is 2.21. The molecule has 0 unspecified atom stereocenters. The van der Waals surface area contributed by atoms with Gasteiger partial charge in [0.2, 0.25) is 5.91 Å². The smallest absolute Gasteiger partial charge is 0.336 e. The molecule has 1 heterocycles. The first-order valence-electron chi connectivity index (χ1n) is 11.2. The second kappa shape index (κ2) is 10.4. The third kappa shape index (κ3) is 5.34. The molecule has 0 atom stereocenters. The van der Waals surface area contributed by atoms with Gasteiger partial charge in [0.25, 0.3) is 0 Å². The van der Waals surface area contributed by atoms with E-state index in [4.69, 9.17) is 9.47 Å². The van der Waals surface area contributed by atoms with Gasteiger partial charge in [-0.15, -0.1) is 5.10 Å². The van der Waals surface area contributed by atoms with Crippen LogP contribution in [0.4, 0.5) is 5.69 Å². The van der Waals surface area contributed by atoms with Gasteiger partial charge in [0.1, 0.15) is 6.61 Å². The Morgan fingerprint density at radius 3 is 2.44 bits per heavy atom. The maximum absolute atomic E-state index is 12.6. The molecule has 0 saturated heterocycles. The van der Waals surface area contributed by atoms with Gasteiger partial charge in [-0.2, -0.15) is 4.98 Å². The van der Waals surface area contributed by atoms with E-state index < -0.39 is 0 Å². The van der Waals surface area contributed by atoms with Gasteiger partial charge in [0.15, 0.2) is 5.82 Å². The van der Waals surface area contributed by atoms with E-state index in [0.717, 1.165) is 42.6 Å². The third-order valence-electron chi connectivity index (χ3n) is 5.77. The summed E-state index contributed by atoms with van der Waals surface area (Å²) in [5.74, 6) is 0.933. The van der Waals surface area contributed by atoms with E-state index >= 15 is 0 Å². The van der Waals surface area contributed by atoms with Crippen LogP contribution in [0.25, 0.3) is 17.1 Å². The SMILES string of the molecule is COCCOc1nc(-c2ccc(C)cc2)n(-c2ccc(NC(=O)C3CCCCC3)cc2)n1. The molecule has 2 aromatic carbocycles. The topological polar surface area (TPSA) is 78.3 Å². The van der Waals surface area contributed by atoms with Crippen molar-refractivity contribution in [3.8, 4) is 23.1 Å². The number of nitrogens with one attached hydrogen (secondary N) is 1. The van der Waals surface area contributed by atoms with Crippen molar-refractivity contribution < 1.29 is 14.3 Å². The average Bonchev–Trinajstić information content (AvgIpc) is 3.25. The van der Waals surface area contributed by atoms with Crippen molar-refractivity contribution in [2.24, 2.45) is 5.92 Å². The molecule has 0 aliphatic heterocycles. The summed E-state index contributed by atoms with van der Waals surface area (Å²) < 4.78 is 12.5. The number of hydrogen-bond acceptors (Lipinski definition) is 5. The van der Waals surface area contributed by atoms with E-state index in [1.54, 1.807) is 11.8 Å². The molecule has 1 N–H and O–H groups in total. The van der Waals surface area contributed by atoms with Crippen LogP contribution in [0, 0.1) is 12.8 Å². The predicted molar refractivity (Wildman–Crippen MR) is 124 cm³/mol. The van der Waals surface area contributed by atoms with Gasteiger partial charge >= 0.3 is 6.01 Å². The Morgan fingerprint density at radius 1 is 1.03 bits per heavy atom. The lowest BCUT2D eigenvalue weighted by Gasteiger charge is -2.20. The van der Waals surface area contributed by atoms with Crippen LogP contribution in [0.2, 0.25) is 0 Å². The van der Waals surface area contributed by atoms with Gasteiger partial charge in [0, 0.05) is 24.3 Å². The van der Waals surface area contributed by atoms with Crippen molar-refractivity contribution >= 4 is 11.6 Å². The number of anilines is 1. The van der Waals surface area contributed by atoms with Crippen LogP contribution >= 0.6 is 0 Å². The molecule has 7 nitrogen and oxygen atoms in total. The molecule has 1 aromatic heterocycles. The summed E-state index contributed by atoms with van der Waals surface area (Å²) in [7, 11) is 1.63. The first-order valence-corrected chi connectivity index (χ1v) is 11.2. The number of methoxy groups -OCH3 is 1. The lowest BCUT2D eigenvalue weighted by molar-refractivity contribution is -0.120. The zero-order valence-electron chi connectivity index (χ0n) is 18.7. The number of ether oxygens (including phenoxy) is 2. The number of carbonyl (C=O) groups excluding carboxylic acids is 1. The van der Waals surface area contributed by atoms with E-state index in [0.29, 0.717) is 25.0 Å². The fraction of sp³-hybridized carbons (Fsp3) is 0.400. The predicted octanol–water partition coefficient (Wildman–Crippen LogP) is 4.79. The molecular formula is C25H30N4O3. The Balaban J connectivity index is 1.55. The maximum atomic E-state index is 12.6. The van der Waals surface area contributed by atoms with Crippen LogP contribution in [0.15, 0.2) is 48.5 Å². The van der Waals surface area contributed by atoms with Crippen LogP contribution in [0.5, 0.6) is 6.01 Å². The van der Waals surface area contributed by atoms with E-state index in [-0.39, 0.29) is 11.8 Å². The van der Waals surface area contributed by atoms with E-state index in [1.165, 1.54) is 12.0 Å². The van der Waals surface area contributed by atoms with Crippen LogP contribution < -0.4 is 10.1 Å². The van der Waals surface area contributed by atoms with Crippen LogP contribution in [-0.2, 0) is 9.53 Å². The van der Waals surface area contributed by atoms with E-state index in [9.17, 15) is 4.79 Å². The first kappa shape index (κ1) is 22.0. The summed E-state index contributed by atoms with van der Waals surface area (Å²) in [5, 5.41) is 7.62. The number of hydrogen-bond donors (Lipinski definition) is 1. The van der Waals surface area contributed by atoms with Gasteiger partial charge in [-0.05, 0) is 44.0 Å². The summed E-state index contributed by atoms with van der Waals surface area (Å²) in [5.41, 5.74) is 3.75. The van der Waals surface area contributed by atoms with Crippen LogP contribution in [0.1, 0.15) is 37.7 Å². The molecule has 1 fully saturated rings. The summed E-state index contributed by atoms with van der Waals surface area (Å²) in [6.07, 6.45) is 5.47. The molecule has 32 heavy (non-hydrogen) atoms. The number of aryl methyl sites for hydroxylation is 1. The Bertz CT molecular complexity index is 1020. The number of amides is 1. The lowest BCUT2D eigenvalue weighted by Crippen LogP contribution is -2.24. The van der Waals surface area contributed by atoms with E-state index in [1.807, 2.05) is 55.5 Å². The quantitative estimate of drug-likeness (QED) is 0.516. The minimum absolute atomic E-state index is 0.118. The Hall–Kier alpha value is -3.19. The van der Waals surface area contributed by atoms with Gasteiger partial charge in [-0.1, -0.05) is 49.1 Å². The molecule has 4 rings (SSSR count). The molecule has 1 aliphatic rings. The van der Waals surface area contributed by atoms with Crippen molar-refractivity contribution in [2.75, 3.05) is 25.6 Å².